The van der Waals surface area contributed by atoms with Crippen LogP contribution in [0.25, 0.3) is 10.9 Å². The number of nitrogens with zero attached hydrogens (tertiary/aromatic N) is 1. The van der Waals surface area contributed by atoms with Gasteiger partial charge in [0.2, 0.25) is 0 Å². The third-order valence-corrected chi connectivity index (χ3v) is 3.44. The number of Topliss-reactive ketones (excluding diaryl/α,β-unsaturated/α-hetero) is 1. The van der Waals surface area contributed by atoms with Crippen molar-refractivity contribution < 1.29 is 9.53 Å². The van der Waals surface area contributed by atoms with Crippen LogP contribution < -0.4 is 4.74 Å². The van der Waals surface area contributed by atoms with Gasteiger partial charge in [-0.1, -0.05) is 17.7 Å². The number of carbonyl (C=O) groups excluding carboxylic acids is 1. The quantitative estimate of drug-likeness (QED) is 0.647. The molecule has 2 aromatic carbocycles. The van der Waals surface area contributed by atoms with Crippen LogP contribution in [-0.4, -0.2) is 10.8 Å². The molecule has 104 valence electrons. The summed E-state index contributed by atoms with van der Waals surface area (Å²) in [4.78, 5) is 15.6. The minimum Gasteiger partial charge on any atom is -0.457 e. The number of pyridine rings is 1. The molecule has 0 aliphatic rings. The van der Waals surface area contributed by atoms with E-state index in [4.69, 9.17) is 16.3 Å². The fourth-order valence-electron chi connectivity index (χ4n) is 2.10. The Morgan fingerprint density at radius 2 is 1.86 bits per heavy atom. The van der Waals surface area contributed by atoms with Gasteiger partial charge in [-0.3, -0.25) is 9.78 Å². The number of aromatic nitrogens is 1. The zero-order valence-corrected chi connectivity index (χ0v) is 12.1. The van der Waals surface area contributed by atoms with Crippen LogP contribution in [0.5, 0.6) is 11.5 Å². The van der Waals surface area contributed by atoms with Gasteiger partial charge < -0.3 is 4.74 Å². The first kappa shape index (κ1) is 13.6. The van der Waals surface area contributed by atoms with E-state index in [9.17, 15) is 4.79 Å². The Bertz CT molecular complexity index is 830. The molecule has 0 saturated carbocycles. The van der Waals surface area contributed by atoms with Gasteiger partial charge in [0.05, 0.1) is 10.5 Å². The molecule has 0 saturated heterocycles. The van der Waals surface area contributed by atoms with Crippen LogP contribution in [0.1, 0.15) is 17.3 Å². The lowest BCUT2D eigenvalue weighted by Gasteiger charge is -2.08. The molecule has 0 N–H and O–H groups in total. The number of hydrogen-bond acceptors (Lipinski definition) is 3. The SMILES string of the molecule is CC(=O)c1ccc(Oc2ccc3ncccc3c2)cc1Cl. The summed E-state index contributed by atoms with van der Waals surface area (Å²) in [6, 6.07) is 14.6. The van der Waals surface area contributed by atoms with Crippen LogP contribution in [0.3, 0.4) is 0 Å². The molecule has 21 heavy (non-hydrogen) atoms. The monoisotopic (exact) mass is 297 g/mol. The number of benzene rings is 2. The number of ketones is 1. The lowest BCUT2D eigenvalue weighted by atomic mass is 10.1. The second-order valence-electron chi connectivity index (χ2n) is 4.66. The van der Waals surface area contributed by atoms with Gasteiger partial charge in [0.1, 0.15) is 11.5 Å². The van der Waals surface area contributed by atoms with Gasteiger partial charge in [0.25, 0.3) is 0 Å². The lowest BCUT2D eigenvalue weighted by molar-refractivity contribution is 0.101. The van der Waals surface area contributed by atoms with Crippen LogP contribution in [0.15, 0.2) is 54.7 Å². The van der Waals surface area contributed by atoms with Crippen molar-refractivity contribution in [3.8, 4) is 11.5 Å². The molecule has 0 aliphatic heterocycles. The maximum atomic E-state index is 11.4. The smallest absolute Gasteiger partial charge is 0.161 e. The summed E-state index contributed by atoms with van der Waals surface area (Å²) in [5, 5.41) is 1.39. The Labute approximate surface area is 127 Å². The minimum atomic E-state index is -0.0664. The summed E-state index contributed by atoms with van der Waals surface area (Å²) >= 11 is 6.07. The summed E-state index contributed by atoms with van der Waals surface area (Å²) in [5.74, 6) is 1.22. The molecule has 0 atom stereocenters. The van der Waals surface area contributed by atoms with E-state index in [2.05, 4.69) is 4.98 Å². The predicted molar refractivity (Wildman–Crippen MR) is 83.3 cm³/mol. The summed E-state index contributed by atoms with van der Waals surface area (Å²) in [5.41, 5.74) is 1.40. The van der Waals surface area contributed by atoms with Crippen LogP contribution >= 0.6 is 11.6 Å². The van der Waals surface area contributed by atoms with Crippen molar-refractivity contribution in [3.05, 3.63) is 65.3 Å². The highest BCUT2D eigenvalue weighted by molar-refractivity contribution is 6.34. The Kier molecular flexibility index (Phi) is 3.59. The van der Waals surface area contributed by atoms with E-state index in [1.54, 1.807) is 24.4 Å². The first-order valence-corrected chi connectivity index (χ1v) is 6.84. The lowest BCUT2D eigenvalue weighted by Crippen LogP contribution is -1.93. The second-order valence-corrected chi connectivity index (χ2v) is 5.07. The Morgan fingerprint density at radius 3 is 2.62 bits per heavy atom. The Hall–Kier alpha value is -2.39. The maximum absolute atomic E-state index is 11.4. The summed E-state index contributed by atoms with van der Waals surface area (Å²) < 4.78 is 5.78. The standard InChI is InChI=1S/C17H12ClNO2/c1-11(20)15-6-4-14(10-16(15)18)21-13-5-7-17-12(9-13)3-2-8-19-17/h2-10H,1H3. The Morgan fingerprint density at radius 1 is 1.10 bits per heavy atom. The molecule has 3 nitrogen and oxygen atoms in total. The van der Waals surface area contributed by atoms with Crippen LogP contribution in [0.4, 0.5) is 0 Å². The third kappa shape index (κ3) is 2.88. The van der Waals surface area contributed by atoms with Crippen molar-refractivity contribution >= 4 is 28.3 Å². The van der Waals surface area contributed by atoms with Crippen molar-refractivity contribution in [2.75, 3.05) is 0 Å². The summed E-state index contributed by atoms with van der Waals surface area (Å²) in [6.45, 7) is 1.48. The molecule has 1 heterocycles. The van der Waals surface area contributed by atoms with E-state index in [1.807, 2.05) is 30.3 Å². The van der Waals surface area contributed by atoms with Crippen molar-refractivity contribution in [2.24, 2.45) is 0 Å². The van der Waals surface area contributed by atoms with Crippen LogP contribution in [-0.2, 0) is 0 Å². The van der Waals surface area contributed by atoms with E-state index < -0.39 is 0 Å². The van der Waals surface area contributed by atoms with Gasteiger partial charge >= 0.3 is 0 Å². The molecule has 3 aromatic rings. The molecule has 0 aliphatic carbocycles. The van der Waals surface area contributed by atoms with Gasteiger partial charge in [-0.2, -0.15) is 0 Å². The highest BCUT2D eigenvalue weighted by Gasteiger charge is 2.07. The number of halogens is 1. The highest BCUT2D eigenvalue weighted by Crippen LogP contribution is 2.28. The zero-order chi connectivity index (χ0) is 14.8. The van der Waals surface area contributed by atoms with Gasteiger partial charge in [0, 0.05) is 23.2 Å². The topological polar surface area (TPSA) is 39.2 Å². The highest BCUT2D eigenvalue weighted by atomic mass is 35.5. The molecule has 0 unspecified atom stereocenters. The van der Waals surface area contributed by atoms with E-state index in [0.717, 1.165) is 10.9 Å². The molecule has 1 aromatic heterocycles. The average molecular weight is 298 g/mol. The number of hydrogen-bond donors (Lipinski definition) is 0. The molecular formula is C17H12ClNO2. The first-order chi connectivity index (χ1) is 10.1. The predicted octanol–water partition coefficient (Wildman–Crippen LogP) is 4.88. The van der Waals surface area contributed by atoms with E-state index in [-0.39, 0.29) is 5.78 Å². The average Bonchev–Trinajstić information content (AvgIpc) is 2.47. The molecule has 0 bridgehead atoms. The Balaban J connectivity index is 1.91. The largest absolute Gasteiger partial charge is 0.457 e. The van der Waals surface area contributed by atoms with Gasteiger partial charge in [-0.15, -0.1) is 0 Å². The fraction of sp³-hybridized carbons (Fsp3) is 0.0588. The van der Waals surface area contributed by atoms with Crippen LogP contribution in [0.2, 0.25) is 5.02 Å². The van der Waals surface area contributed by atoms with Crippen molar-refractivity contribution in [3.63, 3.8) is 0 Å². The molecule has 4 heteroatoms. The number of rotatable bonds is 3. The zero-order valence-electron chi connectivity index (χ0n) is 11.3. The van der Waals surface area contributed by atoms with E-state index >= 15 is 0 Å². The molecule has 0 spiro atoms. The van der Waals surface area contributed by atoms with Crippen LogP contribution in [0, 0.1) is 0 Å². The van der Waals surface area contributed by atoms with Gasteiger partial charge in [-0.05, 0) is 43.3 Å². The summed E-state index contributed by atoms with van der Waals surface area (Å²) in [7, 11) is 0. The third-order valence-electron chi connectivity index (χ3n) is 3.13. The van der Waals surface area contributed by atoms with Crippen molar-refractivity contribution in [1.82, 2.24) is 4.98 Å². The normalized spacial score (nSPS) is 10.6. The molecule has 0 amide bonds. The molecule has 0 radical (unpaired) electrons. The molecule has 3 rings (SSSR count). The second kappa shape index (κ2) is 5.54. The minimum absolute atomic E-state index is 0.0664. The van der Waals surface area contributed by atoms with E-state index in [1.165, 1.54) is 6.92 Å². The fourth-order valence-corrected chi connectivity index (χ4v) is 2.40. The summed E-state index contributed by atoms with van der Waals surface area (Å²) in [6.07, 6.45) is 1.75. The van der Waals surface area contributed by atoms with Crippen molar-refractivity contribution in [1.29, 1.82) is 0 Å². The number of fused-ring (bicyclic) bond motifs is 1. The number of carbonyl (C=O) groups is 1. The number of ether oxygens (including phenoxy) is 1. The van der Waals surface area contributed by atoms with Gasteiger partial charge in [-0.25, -0.2) is 0 Å². The van der Waals surface area contributed by atoms with E-state index in [0.29, 0.717) is 22.1 Å². The maximum Gasteiger partial charge on any atom is 0.161 e. The van der Waals surface area contributed by atoms with Gasteiger partial charge in [0.15, 0.2) is 5.78 Å². The van der Waals surface area contributed by atoms with Crippen molar-refractivity contribution in [2.45, 2.75) is 6.92 Å². The first-order valence-electron chi connectivity index (χ1n) is 6.46. The molecular weight excluding hydrogens is 286 g/mol. The molecule has 0 fully saturated rings.